The van der Waals surface area contributed by atoms with Crippen LogP contribution >= 0.6 is 67.8 Å². The smallest absolute Gasteiger partial charge is 0.338 e. The highest BCUT2D eigenvalue weighted by Crippen LogP contribution is 2.43. The number of carbonyl (C=O) groups is 4. The maximum atomic E-state index is 12.7. The number of aromatic carboxylic acids is 1. The second-order valence-electron chi connectivity index (χ2n) is 6.71. The number of hydrogen-bond acceptors (Lipinski definition) is 4. The van der Waals surface area contributed by atoms with Gasteiger partial charge >= 0.3 is 5.97 Å². The van der Waals surface area contributed by atoms with Crippen LogP contribution in [0.15, 0.2) is 0 Å². The number of nitrogens with zero attached hydrogens (tertiary/aromatic N) is 2. The van der Waals surface area contributed by atoms with Crippen molar-refractivity contribution < 1.29 is 24.3 Å². The van der Waals surface area contributed by atoms with Gasteiger partial charge in [-0.05, 0) is 80.6 Å². The topological polar surface area (TPSA) is 95.0 Å². The first-order valence-corrected chi connectivity index (χ1v) is 12.4. The molecule has 0 spiro atoms. The largest absolute Gasteiger partial charge is 0.478 e. The molecule has 1 heterocycles. The van der Waals surface area contributed by atoms with Crippen molar-refractivity contribution in [1.82, 2.24) is 0 Å². The van der Waals surface area contributed by atoms with Crippen LogP contribution in [0.25, 0.3) is 0 Å². The van der Waals surface area contributed by atoms with Crippen molar-refractivity contribution in [2.75, 3.05) is 16.8 Å². The third-order valence-corrected chi connectivity index (χ3v) is 7.81. The number of carboxylic acid groups (broad SMARTS) is 1. The Morgan fingerprint density at radius 2 is 1.62 bits per heavy atom. The number of amides is 3. The average molecular weight is 738 g/mol. The van der Waals surface area contributed by atoms with Crippen LogP contribution in [0.2, 0.25) is 0 Å². The zero-order chi connectivity index (χ0) is 21.9. The molecule has 3 amide bonds. The summed E-state index contributed by atoms with van der Waals surface area (Å²) in [4.78, 5) is 52.3. The van der Waals surface area contributed by atoms with E-state index in [0.29, 0.717) is 29.2 Å². The molecule has 1 aromatic carbocycles. The number of rotatable bonds is 7. The molecular formula is C19H21I3N2O5. The summed E-state index contributed by atoms with van der Waals surface area (Å²) in [6, 6.07) is 0. The Bertz CT molecular complexity index is 856. The van der Waals surface area contributed by atoms with E-state index in [-0.39, 0.29) is 41.8 Å². The molecule has 0 aromatic heterocycles. The van der Waals surface area contributed by atoms with Gasteiger partial charge in [0.1, 0.15) is 0 Å². The Kier molecular flexibility index (Phi) is 9.12. The van der Waals surface area contributed by atoms with Crippen LogP contribution in [-0.4, -0.2) is 35.8 Å². The lowest BCUT2D eigenvalue weighted by Gasteiger charge is -2.31. The number of anilines is 2. The van der Waals surface area contributed by atoms with Crippen molar-refractivity contribution in [3.05, 3.63) is 16.3 Å². The second kappa shape index (κ2) is 10.7. The van der Waals surface area contributed by atoms with Crippen LogP contribution in [-0.2, 0) is 14.4 Å². The van der Waals surface area contributed by atoms with E-state index in [1.54, 1.807) is 7.05 Å². The molecule has 0 atom stereocenters. The van der Waals surface area contributed by atoms with Gasteiger partial charge in [0.2, 0.25) is 17.7 Å². The predicted octanol–water partition coefficient (Wildman–Crippen LogP) is 4.79. The molecule has 0 saturated carbocycles. The molecule has 2 rings (SSSR count). The molecule has 29 heavy (non-hydrogen) atoms. The van der Waals surface area contributed by atoms with Gasteiger partial charge in [0.15, 0.2) is 0 Å². The Balaban J connectivity index is 2.67. The van der Waals surface area contributed by atoms with Gasteiger partial charge in [-0.15, -0.1) is 0 Å². The molecule has 1 N–H and O–H groups in total. The van der Waals surface area contributed by atoms with Crippen LogP contribution < -0.4 is 9.80 Å². The first-order valence-electron chi connectivity index (χ1n) is 9.19. The summed E-state index contributed by atoms with van der Waals surface area (Å²) in [6.07, 6.45) is 3.96. The highest BCUT2D eigenvalue weighted by Gasteiger charge is 2.36. The summed E-state index contributed by atoms with van der Waals surface area (Å²) < 4.78 is 1.26. The van der Waals surface area contributed by atoms with Crippen LogP contribution in [0.5, 0.6) is 0 Å². The lowest BCUT2D eigenvalue weighted by Crippen LogP contribution is -2.42. The maximum Gasteiger partial charge on any atom is 0.338 e. The molecule has 1 fully saturated rings. The van der Waals surface area contributed by atoms with Crippen molar-refractivity contribution in [3.63, 3.8) is 0 Å². The fourth-order valence-corrected chi connectivity index (χ4v) is 7.97. The molecule has 0 bridgehead atoms. The van der Waals surface area contributed by atoms with Crippen LogP contribution in [0.4, 0.5) is 11.4 Å². The van der Waals surface area contributed by atoms with Gasteiger partial charge < -0.3 is 10.0 Å². The number of hydrogen-bond donors (Lipinski definition) is 1. The van der Waals surface area contributed by atoms with Gasteiger partial charge in [0.05, 0.1) is 27.6 Å². The lowest BCUT2D eigenvalue weighted by atomic mass is 10.1. The van der Waals surface area contributed by atoms with E-state index in [1.807, 2.05) is 67.8 Å². The molecule has 1 aromatic rings. The monoisotopic (exact) mass is 738 g/mol. The first kappa shape index (κ1) is 24.8. The third kappa shape index (κ3) is 5.22. The van der Waals surface area contributed by atoms with Gasteiger partial charge in [0, 0.05) is 26.3 Å². The van der Waals surface area contributed by atoms with E-state index in [2.05, 4.69) is 6.92 Å². The van der Waals surface area contributed by atoms with E-state index in [1.165, 1.54) is 4.90 Å². The summed E-state index contributed by atoms with van der Waals surface area (Å²) in [5, 5.41) is 9.81. The summed E-state index contributed by atoms with van der Waals surface area (Å²) in [5.41, 5.74) is 0.685. The molecule has 7 nitrogen and oxygen atoms in total. The van der Waals surface area contributed by atoms with E-state index in [4.69, 9.17) is 0 Å². The normalized spacial score (nSPS) is 14.3. The Labute approximate surface area is 210 Å². The van der Waals surface area contributed by atoms with Gasteiger partial charge in [0.25, 0.3) is 0 Å². The van der Waals surface area contributed by atoms with E-state index >= 15 is 0 Å². The second-order valence-corrected chi connectivity index (χ2v) is 9.94. The number of halogens is 3. The lowest BCUT2D eigenvalue weighted by molar-refractivity contribution is -0.129. The Morgan fingerprint density at radius 3 is 2.14 bits per heavy atom. The highest BCUT2D eigenvalue weighted by atomic mass is 127. The molecule has 1 aliphatic heterocycles. The van der Waals surface area contributed by atoms with Gasteiger partial charge in [-0.1, -0.05) is 19.8 Å². The van der Waals surface area contributed by atoms with Gasteiger partial charge in [-0.3, -0.25) is 14.4 Å². The minimum atomic E-state index is -1.17. The molecule has 0 unspecified atom stereocenters. The Hall–Kier alpha value is -0.510. The average Bonchev–Trinajstić information content (AvgIpc) is 2.63. The van der Waals surface area contributed by atoms with Crippen LogP contribution in [0.3, 0.4) is 0 Å². The molecule has 0 radical (unpaired) electrons. The fraction of sp³-hybridized carbons (Fsp3) is 0.474. The number of benzene rings is 1. The molecule has 0 aliphatic carbocycles. The maximum absolute atomic E-state index is 12.7. The fourth-order valence-electron chi connectivity index (χ4n) is 3.14. The number of unbranched alkanes of at least 4 members (excludes halogenated alkanes) is 2. The summed E-state index contributed by atoms with van der Waals surface area (Å²) >= 11 is 5.81. The van der Waals surface area contributed by atoms with Crippen molar-refractivity contribution in [3.8, 4) is 0 Å². The number of carbonyl (C=O) groups excluding carboxylic acids is 3. The van der Waals surface area contributed by atoms with E-state index < -0.39 is 5.97 Å². The zero-order valence-electron chi connectivity index (χ0n) is 16.1. The molecular weight excluding hydrogens is 717 g/mol. The first-order chi connectivity index (χ1) is 13.6. The summed E-state index contributed by atoms with van der Waals surface area (Å²) in [5.74, 6) is -1.99. The minimum Gasteiger partial charge on any atom is -0.478 e. The van der Waals surface area contributed by atoms with Crippen molar-refractivity contribution >= 4 is 103 Å². The number of carboxylic acids is 1. The highest BCUT2D eigenvalue weighted by molar-refractivity contribution is 14.1. The Morgan fingerprint density at radius 1 is 1.03 bits per heavy atom. The standard InChI is InChI=1S/C19H21I3N2O5/c1-3-4-5-7-10(25)23(2)17-14(20)13(19(28)29)15(21)18(16(17)22)24-11(26)8-6-9-12(24)27/h3-9H2,1-2H3,(H,28,29). The van der Waals surface area contributed by atoms with Crippen molar-refractivity contribution in [2.45, 2.75) is 51.9 Å². The van der Waals surface area contributed by atoms with E-state index in [9.17, 15) is 24.3 Å². The zero-order valence-corrected chi connectivity index (χ0v) is 22.5. The van der Waals surface area contributed by atoms with Gasteiger partial charge in [-0.2, -0.15) is 0 Å². The molecule has 158 valence electrons. The molecule has 1 saturated heterocycles. The van der Waals surface area contributed by atoms with Crippen LogP contribution in [0.1, 0.15) is 62.2 Å². The number of piperidine rings is 1. The summed E-state index contributed by atoms with van der Waals surface area (Å²) in [6.45, 7) is 2.05. The number of imide groups is 1. The van der Waals surface area contributed by atoms with Crippen LogP contribution in [0, 0.1) is 10.7 Å². The third-order valence-electron chi connectivity index (χ3n) is 4.69. The SMILES string of the molecule is CCCCCC(=O)N(C)c1c(I)c(C(=O)O)c(I)c(N2C(=O)CCCC2=O)c1I. The summed E-state index contributed by atoms with van der Waals surface area (Å²) in [7, 11) is 1.61. The quantitative estimate of drug-likeness (QED) is 0.247. The van der Waals surface area contributed by atoms with Crippen molar-refractivity contribution in [2.24, 2.45) is 0 Å². The molecule has 10 heteroatoms. The van der Waals surface area contributed by atoms with Crippen molar-refractivity contribution in [1.29, 1.82) is 0 Å². The predicted molar refractivity (Wildman–Crippen MR) is 135 cm³/mol. The van der Waals surface area contributed by atoms with E-state index in [0.717, 1.165) is 24.2 Å². The van der Waals surface area contributed by atoms with Gasteiger partial charge in [-0.25, -0.2) is 9.69 Å². The molecule has 1 aliphatic rings. The minimum absolute atomic E-state index is 0.00371.